The van der Waals surface area contributed by atoms with E-state index in [0.717, 1.165) is 0 Å². The van der Waals surface area contributed by atoms with Crippen LogP contribution in [-0.4, -0.2) is 79.2 Å². The Bertz CT molecular complexity index is 156. The summed E-state index contributed by atoms with van der Waals surface area (Å²) in [5, 5.41) is 13.6. The molecule has 3 N–H and O–H groups in total. The molecular weight excluding hydrogens is 197 g/mol. The second kappa shape index (κ2) is 7.81. The Morgan fingerprint density at radius 1 is 1.30 bits per heavy atom. The van der Waals surface area contributed by atoms with Crippen LogP contribution in [0.4, 0.5) is 0 Å². The number of rotatable bonds is 0. The first-order valence-electron chi connectivity index (χ1n) is 1.26. The van der Waals surface area contributed by atoms with E-state index in [4.69, 9.17) is 32.8 Å². The van der Waals surface area contributed by atoms with Crippen molar-refractivity contribution in [2.24, 2.45) is 0 Å². The molecule has 58 valence electrons. The van der Waals surface area contributed by atoms with E-state index in [9.17, 15) is 0 Å². The van der Waals surface area contributed by atoms with Gasteiger partial charge in [0.1, 0.15) is 0 Å². The summed E-state index contributed by atoms with van der Waals surface area (Å²) >= 11 is 0. The molecule has 0 aromatic carbocycles. The predicted molar refractivity (Wildman–Crippen MR) is 30.1 cm³/mol. The van der Waals surface area contributed by atoms with Crippen LogP contribution in [0.15, 0.2) is 0 Å². The molecule has 0 aromatic rings. The predicted octanol–water partition coefficient (Wildman–Crippen LogP) is -1.65. The molecule has 0 spiro atoms. The van der Waals surface area contributed by atoms with Gasteiger partial charge in [-0.2, -0.15) is 8.42 Å². The van der Waals surface area contributed by atoms with Crippen molar-refractivity contribution in [2.75, 3.05) is 0 Å². The molecule has 0 aromatic heterocycles. The average molecular weight is 201 g/mol. The molecule has 0 aliphatic carbocycles. The Balaban J connectivity index is -0.0000000910. The van der Waals surface area contributed by atoms with Gasteiger partial charge < -0.3 is 5.21 Å². The summed E-state index contributed by atoms with van der Waals surface area (Å²) in [6, 6.07) is 0. The maximum absolute atomic E-state index is 8.74. The first-order valence-corrected chi connectivity index (χ1v) is 2.66. The molecule has 0 aliphatic heterocycles. The Morgan fingerprint density at radius 3 is 1.30 bits per heavy atom. The summed E-state index contributed by atoms with van der Waals surface area (Å²) in [5.41, 5.74) is 0. The van der Waals surface area contributed by atoms with Gasteiger partial charge in [0.15, 0.2) is 0 Å². The summed E-state index contributed by atoms with van der Waals surface area (Å²) in [7, 11) is -4.67. The molecule has 0 heterocycles. The van der Waals surface area contributed by atoms with Crippen LogP contribution < -0.4 is 0 Å². The molecule has 0 atom stereocenters. The summed E-state index contributed by atoms with van der Waals surface area (Å²) in [6.45, 7) is 0. The fourth-order valence-electron chi connectivity index (χ4n) is 0. The van der Waals surface area contributed by atoms with Gasteiger partial charge in [-0.1, -0.05) is 0 Å². The van der Waals surface area contributed by atoms with Crippen molar-refractivity contribution in [3.05, 3.63) is 10.1 Å². The fraction of sp³-hybridized carbons (Fsp3) is 0. The van der Waals surface area contributed by atoms with Crippen molar-refractivity contribution in [3.8, 4) is 0 Å². The molecule has 0 aliphatic rings. The van der Waals surface area contributed by atoms with Crippen LogP contribution in [-0.2, 0) is 10.4 Å². The second-order valence-corrected chi connectivity index (χ2v) is 1.58. The van der Waals surface area contributed by atoms with E-state index in [0.29, 0.717) is 0 Å². The SMILES string of the molecule is O=S(=O)(O)O.O=[N+]([O-])O.[KH]. The van der Waals surface area contributed by atoms with E-state index in [1.165, 1.54) is 0 Å². The van der Waals surface area contributed by atoms with Crippen LogP contribution >= 0.6 is 0 Å². The van der Waals surface area contributed by atoms with Crippen molar-refractivity contribution in [1.82, 2.24) is 0 Å². The van der Waals surface area contributed by atoms with Gasteiger partial charge in [0.2, 0.25) is 0 Å². The second-order valence-electron chi connectivity index (χ2n) is 0.686. The van der Waals surface area contributed by atoms with Crippen LogP contribution in [0, 0.1) is 10.1 Å². The molecule has 0 saturated heterocycles. The summed E-state index contributed by atoms with van der Waals surface area (Å²) in [4.78, 5) is 8.36. The number of hydrogen-bond donors (Lipinski definition) is 3. The van der Waals surface area contributed by atoms with E-state index in [1.807, 2.05) is 0 Å². The van der Waals surface area contributed by atoms with Crippen LogP contribution in [0.5, 0.6) is 0 Å². The zero-order chi connectivity index (χ0) is 8.08. The van der Waals surface area contributed by atoms with Gasteiger partial charge in [0.05, 0.1) is 0 Å². The molecule has 0 rings (SSSR count). The molecule has 10 heteroatoms. The fourth-order valence-corrected chi connectivity index (χ4v) is 0. The van der Waals surface area contributed by atoms with Gasteiger partial charge in [-0.25, -0.2) is 0 Å². The monoisotopic (exact) mass is 201 g/mol. The summed E-state index contributed by atoms with van der Waals surface area (Å²) < 4.78 is 31.6. The van der Waals surface area contributed by atoms with Crippen LogP contribution in [0.25, 0.3) is 0 Å². The van der Waals surface area contributed by atoms with E-state index in [-0.39, 0.29) is 51.4 Å². The first kappa shape index (κ1) is 17.0. The maximum atomic E-state index is 8.74. The van der Waals surface area contributed by atoms with E-state index < -0.39 is 15.5 Å². The van der Waals surface area contributed by atoms with Crippen LogP contribution in [0.3, 0.4) is 0 Å². The molecule has 8 nitrogen and oxygen atoms in total. The Morgan fingerprint density at radius 2 is 1.30 bits per heavy atom. The molecule has 10 heavy (non-hydrogen) atoms. The first-order chi connectivity index (χ1) is 3.73. The average Bonchev–Trinajstić information content (AvgIpc) is 1.19. The number of nitrogens with zero attached hydrogens (tertiary/aromatic N) is 1. The number of hydrogen-bond acceptors (Lipinski definition) is 4. The standard InChI is InChI=1S/K.HNO3.H2O4S.H/c;2-1(3)4;1-5(2,3)4;/h;(H,2,3,4);(H2,1,2,3,4);. The zero-order valence-corrected chi connectivity index (χ0v) is 4.65. The van der Waals surface area contributed by atoms with Gasteiger partial charge >= 0.3 is 61.8 Å². The molecular formula is H4KNO7S. The quantitative estimate of drug-likeness (QED) is 0.185. The van der Waals surface area contributed by atoms with Crippen molar-refractivity contribution >= 4 is 61.8 Å². The Kier molecular flexibility index (Phi) is 13.3. The van der Waals surface area contributed by atoms with Gasteiger partial charge in [0, 0.05) is 0 Å². The molecule has 0 bridgehead atoms. The van der Waals surface area contributed by atoms with E-state index >= 15 is 0 Å². The third kappa shape index (κ3) is 1040. The topological polar surface area (TPSA) is 138 Å². The van der Waals surface area contributed by atoms with Crippen molar-refractivity contribution in [1.29, 1.82) is 0 Å². The summed E-state index contributed by atoms with van der Waals surface area (Å²) in [6.07, 6.45) is 0. The molecule has 0 amide bonds. The van der Waals surface area contributed by atoms with Crippen LogP contribution in [0.2, 0.25) is 0 Å². The van der Waals surface area contributed by atoms with Gasteiger partial charge in [-0.05, 0) is 0 Å². The van der Waals surface area contributed by atoms with Crippen molar-refractivity contribution in [2.45, 2.75) is 0 Å². The normalized spacial score (nSPS) is 8.20. The molecule has 0 unspecified atom stereocenters. The molecule has 0 fully saturated rings. The minimum atomic E-state index is -4.67. The van der Waals surface area contributed by atoms with Crippen molar-refractivity contribution < 1.29 is 27.8 Å². The van der Waals surface area contributed by atoms with E-state index in [2.05, 4.69) is 0 Å². The van der Waals surface area contributed by atoms with Gasteiger partial charge in [-0.15, -0.1) is 10.1 Å². The molecule has 0 radical (unpaired) electrons. The third-order valence-corrected chi connectivity index (χ3v) is 0. The zero-order valence-electron chi connectivity index (χ0n) is 3.83. The summed E-state index contributed by atoms with van der Waals surface area (Å²) in [5.74, 6) is 0. The Labute approximate surface area is 98.3 Å². The third-order valence-electron chi connectivity index (χ3n) is 0. The molecule has 0 saturated carbocycles. The minimum absolute atomic E-state index is 0. The van der Waals surface area contributed by atoms with Gasteiger partial charge in [0.25, 0.3) is 5.09 Å². The van der Waals surface area contributed by atoms with Gasteiger partial charge in [-0.3, -0.25) is 9.11 Å². The Hall–Kier alpha value is 0.706. The van der Waals surface area contributed by atoms with E-state index in [1.54, 1.807) is 0 Å². The van der Waals surface area contributed by atoms with Crippen molar-refractivity contribution in [3.63, 3.8) is 0 Å². The van der Waals surface area contributed by atoms with Crippen LogP contribution in [0.1, 0.15) is 0 Å².